The van der Waals surface area contributed by atoms with Crippen molar-refractivity contribution in [1.29, 1.82) is 0 Å². The van der Waals surface area contributed by atoms with Crippen molar-refractivity contribution >= 4 is 5.69 Å². The van der Waals surface area contributed by atoms with E-state index in [4.69, 9.17) is 11.2 Å². The van der Waals surface area contributed by atoms with Crippen LogP contribution in [0.3, 0.4) is 0 Å². The van der Waals surface area contributed by atoms with E-state index in [0.717, 1.165) is 22.6 Å². The monoisotopic (exact) mass is 268 g/mol. The molecule has 0 saturated carbocycles. The van der Waals surface area contributed by atoms with Crippen LogP contribution >= 0.6 is 0 Å². The van der Waals surface area contributed by atoms with Crippen LogP contribution in [0.4, 0.5) is 5.69 Å². The molecule has 0 spiro atoms. The van der Waals surface area contributed by atoms with Gasteiger partial charge >= 0.3 is 0 Å². The Morgan fingerprint density at radius 1 is 1.25 bits per heavy atom. The van der Waals surface area contributed by atoms with Crippen molar-refractivity contribution in [3.05, 3.63) is 53.9 Å². The molecule has 4 nitrogen and oxygen atoms in total. The Morgan fingerprint density at radius 2 is 2.05 bits per heavy atom. The van der Waals surface area contributed by atoms with Gasteiger partial charge in [-0.1, -0.05) is 18.1 Å². The van der Waals surface area contributed by atoms with E-state index in [1.807, 2.05) is 24.3 Å². The van der Waals surface area contributed by atoms with Gasteiger partial charge in [0.25, 0.3) is 0 Å². The van der Waals surface area contributed by atoms with Crippen LogP contribution < -0.4 is 10.1 Å². The molecule has 2 rings (SSSR count). The Hall–Kier alpha value is -2.51. The molecular formula is C16H16N2O2. The average Bonchev–Trinajstić information content (AvgIpc) is 2.52. The summed E-state index contributed by atoms with van der Waals surface area (Å²) in [6.45, 7) is 0.908. The molecular weight excluding hydrogens is 252 g/mol. The highest BCUT2D eigenvalue weighted by atomic mass is 16.5. The molecule has 0 fully saturated rings. The largest absolute Gasteiger partial charge is 0.481 e. The van der Waals surface area contributed by atoms with Gasteiger partial charge in [-0.15, -0.1) is 6.42 Å². The number of pyridine rings is 1. The van der Waals surface area contributed by atoms with E-state index in [0.29, 0.717) is 6.54 Å². The van der Waals surface area contributed by atoms with Gasteiger partial charge in [0.2, 0.25) is 0 Å². The maximum absolute atomic E-state index is 9.23. The molecule has 4 heteroatoms. The smallest absolute Gasteiger partial charge is 0.148 e. The number of aromatic nitrogens is 1. The van der Waals surface area contributed by atoms with Gasteiger partial charge in [0.15, 0.2) is 0 Å². The van der Waals surface area contributed by atoms with Crippen molar-refractivity contribution in [2.24, 2.45) is 0 Å². The van der Waals surface area contributed by atoms with Crippen molar-refractivity contribution in [3.63, 3.8) is 0 Å². The summed E-state index contributed by atoms with van der Waals surface area (Å²) in [5, 5.41) is 12.5. The summed E-state index contributed by atoms with van der Waals surface area (Å²) in [5.41, 5.74) is 2.77. The molecule has 1 heterocycles. The van der Waals surface area contributed by atoms with Crippen molar-refractivity contribution in [2.75, 3.05) is 11.9 Å². The lowest BCUT2D eigenvalue weighted by Gasteiger charge is -2.10. The maximum Gasteiger partial charge on any atom is 0.148 e. The Bertz CT molecular complexity index is 588. The predicted molar refractivity (Wildman–Crippen MR) is 78.3 cm³/mol. The first-order valence-corrected chi connectivity index (χ1v) is 6.26. The number of rotatable bonds is 6. The molecule has 0 aliphatic rings. The molecule has 0 amide bonds. The van der Waals surface area contributed by atoms with Gasteiger partial charge in [-0.25, -0.2) is 0 Å². The Morgan fingerprint density at radius 3 is 2.75 bits per heavy atom. The number of hydrogen-bond donors (Lipinski definition) is 2. The van der Waals surface area contributed by atoms with Crippen molar-refractivity contribution in [3.8, 4) is 18.1 Å². The lowest BCUT2D eigenvalue weighted by molar-refractivity contribution is 0.282. The molecule has 20 heavy (non-hydrogen) atoms. The first kappa shape index (κ1) is 13.9. The number of terminal acetylenes is 1. The lowest BCUT2D eigenvalue weighted by atomic mass is 10.2. The summed E-state index contributed by atoms with van der Waals surface area (Å²) in [6.07, 6.45) is 8.50. The Balaban J connectivity index is 1.95. The fourth-order valence-corrected chi connectivity index (χ4v) is 1.75. The van der Waals surface area contributed by atoms with Crippen LogP contribution in [0.2, 0.25) is 0 Å². The van der Waals surface area contributed by atoms with Gasteiger partial charge in [-0.05, 0) is 23.8 Å². The third kappa shape index (κ3) is 3.74. The van der Waals surface area contributed by atoms with E-state index < -0.39 is 0 Å². The zero-order valence-corrected chi connectivity index (χ0v) is 11.0. The van der Waals surface area contributed by atoms with Crippen molar-refractivity contribution < 1.29 is 9.84 Å². The van der Waals surface area contributed by atoms with E-state index in [1.54, 1.807) is 18.5 Å². The molecule has 1 aromatic carbocycles. The molecule has 0 aliphatic heterocycles. The molecule has 102 valence electrons. The molecule has 2 N–H and O–H groups in total. The summed E-state index contributed by atoms with van der Waals surface area (Å²) < 4.78 is 5.31. The fourth-order valence-electron chi connectivity index (χ4n) is 1.75. The van der Waals surface area contributed by atoms with Gasteiger partial charge < -0.3 is 15.2 Å². The number of aliphatic hydroxyl groups excluding tert-OH is 1. The molecule has 0 bridgehead atoms. The van der Waals surface area contributed by atoms with Crippen LogP contribution in [0.5, 0.6) is 5.75 Å². The van der Waals surface area contributed by atoms with Gasteiger partial charge in [-0.2, -0.15) is 0 Å². The van der Waals surface area contributed by atoms with Crippen LogP contribution in [0, 0.1) is 12.3 Å². The average molecular weight is 268 g/mol. The normalized spacial score (nSPS) is 9.80. The minimum absolute atomic E-state index is 0.0102. The summed E-state index contributed by atoms with van der Waals surface area (Å²) >= 11 is 0. The van der Waals surface area contributed by atoms with Gasteiger partial charge in [0.1, 0.15) is 12.4 Å². The third-order valence-electron chi connectivity index (χ3n) is 2.81. The number of nitrogens with one attached hydrogen (secondary N) is 1. The van der Waals surface area contributed by atoms with Crippen LogP contribution in [-0.4, -0.2) is 16.7 Å². The van der Waals surface area contributed by atoms with E-state index in [1.165, 1.54) is 0 Å². The highest BCUT2D eigenvalue weighted by Gasteiger charge is 2.01. The minimum Gasteiger partial charge on any atom is -0.481 e. The van der Waals surface area contributed by atoms with Crippen LogP contribution in [0.15, 0.2) is 42.7 Å². The zero-order valence-electron chi connectivity index (χ0n) is 11.0. The van der Waals surface area contributed by atoms with Gasteiger partial charge in [0.05, 0.1) is 18.5 Å². The SMILES string of the molecule is C#CCOc1ccc(CNc2cnccc2CO)cc1. The number of ether oxygens (including phenoxy) is 1. The molecule has 0 saturated heterocycles. The summed E-state index contributed by atoms with van der Waals surface area (Å²) in [7, 11) is 0. The van der Waals surface area contributed by atoms with Crippen LogP contribution in [-0.2, 0) is 13.2 Å². The third-order valence-corrected chi connectivity index (χ3v) is 2.81. The number of aliphatic hydroxyl groups is 1. The molecule has 0 aliphatic carbocycles. The number of hydrogen-bond acceptors (Lipinski definition) is 4. The highest BCUT2D eigenvalue weighted by Crippen LogP contribution is 2.16. The summed E-state index contributed by atoms with van der Waals surface area (Å²) in [6, 6.07) is 9.48. The number of nitrogens with zero attached hydrogens (tertiary/aromatic N) is 1. The van der Waals surface area contributed by atoms with Crippen molar-refractivity contribution in [2.45, 2.75) is 13.2 Å². The Kier molecular flexibility index (Phi) is 4.99. The van der Waals surface area contributed by atoms with Crippen molar-refractivity contribution in [1.82, 2.24) is 4.98 Å². The summed E-state index contributed by atoms with van der Waals surface area (Å²) in [4.78, 5) is 4.04. The molecule has 0 unspecified atom stereocenters. The molecule has 0 radical (unpaired) electrons. The van der Waals surface area contributed by atoms with Gasteiger partial charge in [-0.3, -0.25) is 4.98 Å². The second kappa shape index (κ2) is 7.17. The Labute approximate surface area is 118 Å². The molecule has 0 atom stereocenters. The van der Waals surface area contributed by atoms with Crippen LogP contribution in [0.25, 0.3) is 0 Å². The number of benzene rings is 1. The fraction of sp³-hybridized carbons (Fsp3) is 0.188. The highest BCUT2D eigenvalue weighted by molar-refractivity contribution is 5.49. The second-order valence-corrected chi connectivity index (χ2v) is 4.18. The number of anilines is 1. The van der Waals surface area contributed by atoms with Crippen LogP contribution in [0.1, 0.15) is 11.1 Å². The quantitative estimate of drug-likeness (QED) is 0.789. The standard InChI is InChI=1S/C16H16N2O2/c1-2-9-20-15-5-3-13(4-6-15)10-18-16-11-17-8-7-14(16)12-19/h1,3-8,11,18-19H,9-10,12H2. The molecule has 2 aromatic rings. The first-order valence-electron chi connectivity index (χ1n) is 6.26. The zero-order chi connectivity index (χ0) is 14.2. The topological polar surface area (TPSA) is 54.4 Å². The second-order valence-electron chi connectivity index (χ2n) is 4.18. The van der Waals surface area contributed by atoms with E-state index in [-0.39, 0.29) is 13.2 Å². The van der Waals surface area contributed by atoms with E-state index in [2.05, 4.69) is 16.2 Å². The van der Waals surface area contributed by atoms with Gasteiger partial charge in [0, 0.05) is 18.3 Å². The predicted octanol–water partition coefficient (Wildman–Crippen LogP) is 2.20. The first-order chi connectivity index (χ1) is 9.83. The summed E-state index contributed by atoms with van der Waals surface area (Å²) in [5.74, 6) is 3.18. The minimum atomic E-state index is -0.0102. The maximum atomic E-state index is 9.23. The van der Waals surface area contributed by atoms with E-state index >= 15 is 0 Å². The van der Waals surface area contributed by atoms with E-state index in [9.17, 15) is 5.11 Å². The molecule has 1 aromatic heterocycles. The lowest BCUT2D eigenvalue weighted by Crippen LogP contribution is -2.03.